The zero-order chi connectivity index (χ0) is 16.8. The molecule has 1 N–H and O–H groups in total. The summed E-state index contributed by atoms with van der Waals surface area (Å²) in [5.41, 5.74) is 0. The van der Waals surface area contributed by atoms with E-state index in [-0.39, 0.29) is 11.9 Å². The number of amides is 1. The molecule has 4 heteroatoms. The molecule has 1 aliphatic heterocycles. The Labute approximate surface area is 144 Å². The zero-order valence-electron chi connectivity index (χ0n) is 14.9. The van der Waals surface area contributed by atoms with Gasteiger partial charge in [0.1, 0.15) is 0 Å². The first-order valence-electron chi connectivity index (χ1n) is 8.90. The molecule has 0 unspecified atom stereocenters. The van der Waals surface area contributed by atoms with Gasteiger partial charge in [0.2, 0.25) is 5.91 Å². The Hall–Kier alpha value is -0.870. The zero-order valence-corrected chi connectivity index (χ0v) is 15.7. The van der Waals surface area contributed by atoms with E-state index < -0.39 is 0 Å². The molecule has 2 heterocycles. The Morgan fingerprint density at radius 2 is 2.17 bits per heavy atom. The van der Waals surface area contributed by atoms with E-state index in [1.807, 2.05) is 0 Å². The van der Waals surface area contributed by atoms with E-state index >= 15 is 0 Å². The fraction of sp³-hybridized carbons (Fsp3) is 0.737. The second-order valence-corrected chi connectivity index (χ2v) is 8.49. The Bertz CT molecular complexity index is 470. The van der Waals surface area contributed by atoms with Crippen molar-refractivity contribution in [3.05, 3.63) is 22.4 Å². The van der Waals surface area contributed by atoms with Gasteiger partial charge in [-0.2, -0.15) is 0 Å². The van der Waals surface area contributed by atoms with Crippen LogP contribution in [0, 0.1) is 17.8 Å². The average molecular weight is 338 g/mol. The molecule has 0 spiro atoms. The number of ether oxygens (including phenoxy) is 1. The van der Waals surface area contributed by atoms with Gasteiger partial charge in [-0.1, -0.05) is 33.8 Å². The molecule has 23 heavy (non-hydrogen) atoms. The minimum absolute atomic E-state index is 0.156. The highest BCUT2D eigenvalue weighted by molar-refractivity contribution is 7.10. The SMILES string of the molecule is CC(C)C[C@H](NC(=O)C[C@@H]1CCO[C@H](C(C)C)C1)c1cccs1. The monoisotopic (exact) mass is 337 g/mol. The van der Waals surface area contributed by atoms with Crippen LogP contribution in [-0.2, 0) is 9.53 Å². The van der Waals surface area contributed by atoms with Crippen molar-refractivity contribution in [2.24, 2.45) is 17.8 Å². The number of nitrogens with one attached hydrogen (secondary N) is 1. The third kappa shape index (κ3) is 5.92. The van der Waals surface area contributed by atoms with Gasteiger partial charge < -0.3 is 10.1 Å². The number of carbonyl (C=O) groups excluding carboxylic acids is 1. The smallest absolute Gasteiger partial charge is 0.220 e. The van der Waals surface area contributed by atoms with Crippen LogP contribution in [0.3, 0.4) is 0 Å². The molecule has 1 aromatic rings. The molecule has 1 amide bonds. The maximum atomic E-state index is 12.5. The summed E-state index contributed by atoms with van der Waals surface area (Å²) in [4.78, 5) is 13.8. The molecule has 1 aliphatic rings. The second kappa shape index (κ2) is 8.84. The first-order valence-corrected chi connectivity index (χ1v) is 9.78. The van der Waals surface area contributed by atoms with Crippen molar-refractivity contribution in [2.45, 2.75) is 65.5 Å². The van der Waals surface area contributed by atoms with Gasteiger partial charge in [0, 0.05) is 17.9 Å². The Kier molecular flexibility index (Phi) is 7.09. The molecular weight excluding hydrogens is 306 g/mol. The summed E-state index contributed by atoms with van der Waals surface area (Å²) in [6.45, 7) is 9.60. The Morgan fingerprint density at radius 1 is 1.39 bits per heavy atom. The summed E-state index contributed by atoms with van der Waals surface area (Å²) in [5.74, 6) is 1.74. The third-order valence-electron chi connectivity index (χ3n) is 4.57. The highest BCUT2D eigenvalue weighted by Gasteiger charge is 2.27. The minimum Gasteiger partial charge on any atom is -0.378 e. The summed E-state index contributed by atoms with van der Waals surface area (Å²) in [5, 5.41) is 5.36. The van der Waals surface area contributed by atoms with E-state index in [9.17, 15) is 4.79 Å². The van der Waals surface area contributed by atoms with Gasteiger partial charge in [-0.05, 0) is 48.5 Å². The van der Waals surface area contributed by atoms with Crippen molar-refractivity contribution < 1.29 is 9.53 Å². The lowest BCUT2D eigenvalue weighted by molar-refractivity contribution is -0.124. The van der Waals surface area contributed by atoms with E-state index in [0.29, 0.717) is 30.3 Å². The number of rotatable bonds is 7. The van der Waals surface area contributed by atoms with Crippen LogP contribution in [0.5, 0.6) is 0 Å². The first kappa shape index (κ1) is 18.5. The Morgan fingerprint density at radius 3 is 2.78 bits per heavy atom. The van der Waals surface area contributed by atoms with E-state index in [1.54, 1.807) is 11.3 Å². The molecule has 130 valence electrons. The molecule has 0 aromatic carbocycles. The summed E-state index contributed by atoms with van der Waals surface area (Å²) in [7, 11) is 0. The van der Waals surface area contributed by atoms with E-state index in [4.69, 9.17) is 4.74 Å². The summed E-state index contributed by atoms with van der Waals surface area (Å²) in [6.07, 6.45) is 3.95. The minimum atomic E-state index is 0.156. The highest BCUT2D eigenvalue weighted by atomic mass is 32.1. The number of thiophene rings is 1. The van der Waals surface area contributed by atoms with Crippen molar-refractivity contribution in [3.63, 3.8) is 0 Å². The largest absolute Gasteiger partial charge is 0.378 e. The number of carbonyl (C=O) groups is 1. The van der Waals surface area contributed by atoms with Gasteiger partial charge in [-0.3, -0.25) is 4.79 Å². The van der Waals surface area contributed by atoms with Crippen LogP contribution in [0.4, 0.5) is 0 Å². The van der Waals surface area contributed by atoms with Crippen molar-refractivity contribution in [2.75, 3.05) is 6.61 Å². The van der Waals surface area contributed by atoms with Crippen molar-refractivity contribution in [1.82, 2.24) is 5.32 Å². The molecule has 2 rings (SSSR count). The van der Waals surface area contributed by atoms with Gasteiger partial charge in [-0.15, -0.1) is 11.3 Å². The maximum Gasteiger partial charge on any atom is 0.220 e. The van der Waals surface area contributed by atoms with Crippen molar-refractivity contribution in [3.8, 4) is 0 Å². The first-order chi connectivity index (χ1) is 11.0. The summed E-state index contributed by atoms with van der Waals surface area (Å²) >= 11 is 1.73. The second-order valence-electron chi connectivity index (χ2n) is 7.51. The van der Waals surface area contributed by atoms with Crippen molar-refractivity contribution in [1.29, 1.82) is 0 Å². The van der Waals surface area contributed by atoms with Crippen LogP contribution in [0.1, 0.15) is 64.3 Å². The lowest BCUT2D eigenvalue weighted by Gasteiger charge is -2.32. The molecule has 1 fully saturated rings. The maximum absolute atomic E-state index is 12.5. The highest BCUT2D eigenvalue weighted by Crippen LogP contribution is 2.29. The van der Waals surface area contributed by atoms with Crippen LogP contribution < -0.4 is 5.32 Å². The van der Waals surface area contributed by atoms with E-state index in [2.05, 4.69) is 50.5 Å². The Balaban J connectivity index is 1.89. The van der Waals surface area contributed by atoms with Crippen molar-refractivity contribution >= 4 is 17.2 Å². The fourth-order valence-electron chi connectivity index (χ4n) is 3.27. The topological polar surface area (TPSA) is 38.3 Å². The fourth-order valence-corrected chi connectivity index (χ4v) is 4.06. The standard InChI is InChI=1S/C19H31NO2S/c1-13(2)10-16(18-6-5-9-23-18)20-19(21)12-15-7-8-22-17(11-15)14(3)4/h5-6,9,13-17H,7-8,10-12H2,1-4H3,(H,20,21)/t15-,16+,17+/m1/s1. The molecule has 0 saturated carbocycles. The van der Waals surface area contributed by atoms with E-state index in [1.165, 1.54) is 4.88 Å². The molecule has 1 saturated heterocycles. The predicted molar refractivity (Wildman–Crippen MR) is 96.6 cm³/mol. The lowest BCUT2D eigenvalue weighted by Crippen LogP contribution is -2.35. The number of hydrogen-bond acceptors (Lipinski definition) is 3. The van der Waals surface area contributed by atoms with Gasteiger partial charge in [0.05, 0.1) is 12.1 Å². The average Bonchev–Trinajstić information content (AvgIpc) is 3.00. The van der Waals surface area contributed by atoms with E-state index in [0.717, 1.165) is 25.9 Å². The third-order valence-corrected chi connectivity index (χ3v) is 5.56. The van der Waals surface area contributed by atoms with Gasteiger partial charge >= 0.3 is 0 Å². The van der Waals surface area contributed by atoms with Crippen LogP contribution in [0.15, 0.2) is 17.5 Å². The predicted octanol–water partition coefficient (Wildman–Crippen LogP) is 4.79. The molecule has 1 aromatic heterocycles. The molecular formula is C19H31NO2S. The summed E-state index contributed by atoms with van der Waals surface area (Å²) < 4.78 is 5.81. The molecule has 3 atom stereocenters. The number of hydrogen-bond donors (Lipinski definition) is 1. The van der Waals surface area contributed by atoms with Gasteiger partial charge in [0.15, 0.2) is 0 Å². The molecule has 3 nitrogen and oxygen atoms in total. The molecule has 0 aliphatic carbocycles. The van der Waals surface area contributed by atoms with Crippen LogP contribution in [-0.4, -0.2) is 18.6 Å². The van der Waals surface area contributed by atoms with Crippen LogP contribution in [0.2, 0.25) is 0 Å². The van der Waals surface area contributed by atoms with Gasteiger partial charge in [-0.25, -0.2) is 0 Å². The summed E-state index contributed by atoms with van der Waals surface area (Å²) in [6, 6.07) is 4.34. The van der Waals surface area contributed by atoms with Crippen LogP contribution in [0.25, 0.3) is 0 Å². The molecule has 0 radical (unpaired) electrons. The lowest BCUT2D eigenvalue weighted by atomic mass is 9.88. The van der Waals surface area contributed by atoms with Gasteiger partial charge in [0.25, 0.3) is 0 Å². The molecule has 0 bridgehead atoms. The van der Waals surface area contributed by atoms with Crippen LogP contribution >= 0.6 is 11.3 Å². The normalized spacial score (nSPS) is 23.2. The quantitative estimate of drug-likeness (QED) is 0.776.